The summed E-state index contributed by atoms with van der Waals surface area (Å²) in [4.78, 5) is 37.4. The zero-order valence-electron chi connectivity index (χ0n) is 18.5. The quantitative estimate of drug-likeness (QED) is 0.571. The molecule has 1 atom stereocenters. The molecule has 0 radical (unpaired) electrons. The van der Waals surface area contributed by atoms with E-state index in [9.17, 15) is 14.4 Å². The maximum atomic E-state index is 12.8. The third-order valence-corrected chi connectivity index (χ3v) is 5.03. The van der Waals surface area contributed by atoms with E-state index < -0.39 is 23.6 Å². The van der Waals surface area contributed by atoms with Gasteiger partial charge in [-0.3, -0.25) is 14.9 Å². The molecular weight excluding hydrogens is 396 g/mol. The maximum absolute atomic E-state index is 12.8. The second-order valence-electron chi connectivity index (χ2n) is 8.85. The number of nitrogens with one attached hydrogen (secondary N) is 3. The second kappa shape index (κ2) is 11.3. The Balaban J connectivity index is 2.06. The third-order valence-electron chi connectivity index (χ3n) is 5.03. The Morgan fingerprint density at radius 3 is 2.55 bits per heavy atom. The van der Waals surface area contributed by atoms with Crippen molar-refractivity contribution in [1.29, 1.82) is 5.26 Å². The molecule has 3 amide bonds. The zero-order chi connectivity index (χ0) is 22.9. The van der Waals surface area contributed by atoms with Gasteiger partial charge in [-0.25, -0.2) is 4.79 Å². The average Bonchev–Trinajstić information content (AvgIpc) is 2.71. The van der Waals surface area contributed by atoms with Crippen LogP contribution >= 0.6 is 0 Å². The molecular formula is C23H32N4O4. The van der Waals surface area contributed by atoms with Gasteiger partial charge in [0.05, 0.1) is 6.07 Å². The van der Waals surface area contributed by atoms with E-state index in [-0.39, 0.29) is 12.5 Å². The lowest BCUT2D eigenvalue weighted by Crippen LogP contribution is -2.48. The highest BCUT2D eigenvalue weighted by molar-refractivity contribution is 5.99. The number of nitriles is 1. The molecule has 31 heavy (non-hydrogen) atoms. The molecule has 1 aliphatic rings. The fourth-order valence-corrected chi connectivity index (χ4v) is 3.64. The second-order valence-corrected chi connectivity index (χ2v) is 8.85. The highest BCUT2D eigenvalue weighted by atomic mass is 16.6. The number of benzene rings is 1. The van der Waals surface area contributed by atoms with Crippen molar-refractivity contribution in [2.24, 2.45) is 5.92 Å². The summed E-state index contributed by atoms with van der Waals surface area (Å²) in [6.07, 6.45) is 5.45. The Kier molecular flexibility index (Phi) is 8.86. The first kappa shape index (κ1) is 24.2. The van der Waals surface area contributed by atoms with Crippen LogP contribution < -0.4 is 16.0 Å². The van der Waals surface area contributed by atoms with E-state index in [4.69, 9.17) is 10.00 Å². The van der Waals surface area contributed by atoms with Crippen molar-refractivity contribution < 1.29 is 19.1 Å². The summed E-state index contributed by atoms with van der Waals surface area (Å²) in [6.45, 7) is 5.19. The molecule has 0 spiro atoms. The molecule has 8 heteroatoms. The monoisotopic (exact) mass is 428 g/mol. The lowest BCUT2D eigenvalue weighted by Gasteiger charge is -2.26. The average molecular weight is 429 g/mol. The zero-order valence-corrected chi connectivity index (χ0v) is 18.5. The Labute approximate surface area is 183 Å². The lowest BCUT2D eigenvalue weighted by molar-refractivity contribution is -0.123. The number of rotatable bonds is 7. The smallest absolute Gasteiger partial charge is 0.412 e. The summed E-state index contributed by atoms with van der Waals surface area (Å²) in [6, 6.07) is 7.61. The van der Waals surface area contributed by atoms with E-state index in [2.05, 4.69) is 16.0 Å². The van der Waals surface area contributed by atoms with Crippen LogP contribution in [0, 0.1) is 17.2 Å². The summed E-state index contributed by atoms with van der Waals surface area (Å²) in [7, 11) is 0. The van der Waals surface area contributed by atoms with Crippen LogP contribution in [0.5, 0.6) is 0 Å². The number of hydrogen-bond acceptors (Lipinski definition) is 5. The van der Waals surface area contributed by atoms with E-state index in [1.807, 2.05) is 6.07 Å². The van der Waals surface area contributed by atoms with Crippen molar-refractivity contribution in [1.82, 2.24) is 10.6 Å². The van der Waals surface area contributed by atoms with Crippen molar-refractivity contribution in [2.45, 2.75) is 70.9 Å². The van der Waals surface area contributed by atoms with Crippen LogP contribution in [0.1, 0.15) is 69.7 Å². The Hall–Kier alpha value is -3.08. The summed E-state index contributed by atoms with van der Waals surface area (Å²) >= 11 is 0. The molecule has 1 aromatic carbocycles. The first-order valence-electron chi connectivity index (χ1n) is 10.7. The van der Waals surface area contributed by atoms with E-state index in [1.165, 1.54) is 12.5 Å². The van der Waals surface area contributed by atoms with Crippen molar-refractivity contribution in [2.75, 3.05) is 11.9 Å². The molecule has 0 bridgehead atoms. The van der Waals surface area contributed by atoms with Gasteiger partial charge < -0.3 is 15.4 Å². The van der Waals surface area contributed by atoms with Crippen LogP contribution in [0.25, 0.3) is 0 Å². The Morgan fingerprint density at radius 1 is 1.19 bits per heavy atom. The van der Waals surface area contributed by atoms with E-state index in [0.29, 0.717) is 23.6 Å². The van der Waals surface area contributed by atoms with Crippen LogP contribution in [-0.2, 0) is 9.53 Å². The van der Waals surface area contributed by atoms with E-state index in [1.54, 1.807) is 39.0 Å². The normalized spacial score (nSPS) is 15.3. The fourth-order valence-electron chi connectivity index (χ4n) is 3.64. The lowest BCUT2D eigenvalue weighted by atomic mass is 9.84. The van der Waals surface area contributed by atoms with Gasteiger partial charge in [-0.05, 0) is 51.3 Å². The molecule has 1 fully saturated rings. The molecule has 3 N–H and O–H groups in total. The van der Waals surface area contributed by atoms with Crippen molar-refractivity contribution >= 4 is 23.6 Å². The number of carbonyl (C=O) groups excluding carboxylic acids is 3. The van der Waals surface area contributed by atoms with Gasteiger partial charge in [0.15, 0.2) is 0 Å². The molecule has 0 saturated heterocycles. The van der Waals surface area contributed by atoms with Gasteiger partial charge in [-0.2, -0.15) is 5.26 Å². The number of carbonyl (C=O) groups is 3. The van der Waals surface area contributed by atoms with Crippen LogP contribution in [0.15, 0.2) is 24.3 Å². The van der Waals surface area contributed by atoms with Gasteiger partial charge in [-0.1, -0.05) is 38.2 Å². The van der Waals surface area contributed by atoms with Crippen LogP contribution in [0.2, 0.25) is 0 Å². The highest BCUT2D eigenvalue weighted by Crippen LogP contribution is 2.27. The molecule has 2 rings (SSSR count). The van der Waals surface area contributed by atoms with Gasteiger partial charge >= 0.3 is 6.09 Å². The number of hydrogen-bond donors (Lipinski definition) is 3. The molecule has 0 aromatic heterocycles. The minimum atomic E-state index is -0.716. The van der Waals surface area contributed by atoms with Gasteiger partial charge in [0.1, 0.15) is 18.2 Å². The van der Waals surface area contributed by atoms with Crippen molar-refractivity contribution in [3.63, 3.8) is 0 Å². The number of amides is 3. The third kappa shape index (κ3) is 8.67. The van der Waals surface area contributed by atoms with E-state index in [0.717, 1.165) is 25.7 Å². The number of ether oxygens (including phenoxy) is 1. The van der Waals surface area contributed by atoms with Gasteiger partial charge in [0.2, 0.25) is 5.91 Å². The van der Waals surface area contributed by atoms with Crippen LogP contribution in [-0.4, -0.2) is 36.1 Å². The standard InChI is InChI=1S/C23H32N4O4/c1-23(2,3)31-22(30)26-18-11-7-10-17(15-18)20(28)27-19(21(29)25-13-12-24)14-16-8-5-4-6-9-16/h7,10-11,15-16,19H,4-6,8-9,13-14H2,1-3H3,(H,25,29)(H,26,30)(H,27,28)/t19-/m0/s1. The molecule has 168 valence electrons. The topological polar surface area (TPSA) is 120 Å². The molecule has 1 aromatic rings. The van der Waals surface area contributed by atoms with Crippen molar-refractivity contribution in [3.8, 4) is 6.07 Å². The maximum Gasteiger partial charge on any atom is 0.412 e. The Morgan fingerprint density at radius 2 is 1.90 bits per heavy atom. The molecule has 8 nitrogen and oxygen atoms in total. The Bertz CT molecular complexity index is 820. The predicted molar refractivity (Wildman–Crippen MR) is 117 cm³/mol. The van der Waals surface area contributed by atoms with Gasteiger partial charge in [-0.15, -0.1) is 0 Å². The minimum absolute atomic E-state index is 0.106. The molecule has 0 aliphatic heterocycles. The molecule has 0 unspecified atom stereocenters. The highest BCUT2D eigenvalue weighted by Gasteiger charge is 2.26. The SMILES string of the molecule is CC(C)(C)OC(=O)Nc1cccc(C(=O)N[C@@H](CC2CCCCC2)C(=O)NCC#N)c1. The fraction of sp³-hybridized carbons (Fsp3) is 0.565. The predicted octanol–water partition coefficient (Wildman–Crippen LogP) is 3.74. The molecule has 1 aliphatic carbocycles. The summed E-state index contributed by atoms with van der Waals surface area (Å²) in [5.41, 5.74) is 0.0947. The number of anilines is 1. The summed E-state index contributed by atoms with van der Waals surface area (Å²) < 4.78 is 5.23. The first-order chi connectivity index (χ1) is 14.7. The first-order valence-corrected chi connectivity index (χ1v) is 10.7. The summed E-state index contributed by atoms with van der Waals surface area (Å²) in [5.74, 6) is -0.406. The van der Waals surface area contributed by atoms with Gasteiger partial charge in [0.25, 0.3) is 5.91 Å². The van der Waals surface area contributed by atoms with E-state index >= 15 is 0 Å². The summed E-state index contributed by atoms with van der Waals surface area (Å²) in [5, 5.41) is 16.7. The van der Waals surface area contributed by atoms with Crippen LogP contribution in [0.3, 0.4) is 0 Å². The molecule has 1 saturated carbocycles. The molecule has 0 heterocycles. The van der Waals surface area contributed by atoms with Crippen LogP contribution in [0.4, 0.5) is 10.5 Å². The minimum Gasteiger partial charge on any atom is -0.444 e. The van der Waals surface area contributed by atoms with Gasteiger partial charge in [0, 0.05) is 11.3 Å². The number of nitrogens with zero attached hydrogens (tertiary/aromatic N) is 1. The van der Waals surface area contributed by atoms with Crippen molar-refractivity contribution in [3.05, 3.63) is 29.8 Å². The largest absolute Gasteiger partial charge is 0.444 e.